The van der Waals surface area contributed by atoms with E-state index < -0.39 is 6.10 Å². The summed E-state index contributed by atoms with van der Waals surface area (Å²) in [5.74, 6) is 3.43. The Morgan fingerprint density at radius 1 is 1.18 bits per heavy atom. The van der Waals surface area contributed by atoms with E-state index in [0.29, 0.717) is 36.2 Å². The van der Waals surface area contributed by atoms with E-state index in [0.717, 1.165) is 43.9 Å². The van der Waals surface area contributed by atoms with Crippen LogP contribution in [0.4, 0.5) is 0 Å². The van der Waals surface area contributed by atoms with Gasteiger partial charge in [-0.2, -0.15) is 0 Å². The number of ether oxygens (including phenoxy) is 2. The van der Waals surface area contributed by atoms with Crippen LogP contribution in [0.1, 0.15) is 85.0 Å². The molecule has 33 heavy (non-hydrogen) atoms. The van der Waals surface area contributed by atoms with Crippen molar-refractivity contribution in [2.24, 2.45) is 40.4 Å². The average molecular weight is 463 g/mol. The molecule has 188 valence electrons. The molecule has 5 nitrogen and oxygen atoms in total. The number of methoxy groups -OCH3 is 1. The van der Waals surface area contributed by atoms with Crippen molar-refractivity contribution < 1.29 is 24.5 Å². The van der Waals surface area contributed by atoms with Crippen LogP contribution in [-0.4, -0.2) is 48.7 Å². The predicted octanol–water partition coefficient (Wildman–Crippen LogP) is 4.89. The van der Waals surface area contributed by atoms with Gasteiger partial charge in [0, 0.05) is 6.42 Å². The number of aliphatic hydroxyl groups excluding tert-OH is 2. The summed E-state index contributed by atoms with van der Waals surface area (Å²) in [4.78, 5) is 11.5. The van der Waals surface area contributed by atoms with Gasteiger partial charge in [0.25, 0.3) is 0 Å². The zero-order valence-corrected chi connectivity index (χ0v) is 21.2. The van der Waals surface area contributed by atoms with Gasteiger partial charge in [-0.15, -0.1) is 0 Å². The molecule has 9 atom stereocenters. The van der Waals surface area contributed by atoms with Crippen LogP contribution in [0, 0.1) is 40.4 Å². The zero-order chi connectivity index (χ0) is 23.8. The summed E-state index contributed by atoms with van der Waals surface area (Å²) >= 11 is 0. The molecule has 2 N–H and O–H groups in total. The summed E-state index contributed by atoms with van der Waals surface area (Å²) in [7, 11) is 1.48. The molecule has 0 amide bonds. The topological polar surface area (TPSA) is 76.0 Å². The van der Waals surface area contributed by atoms with Crippen molar-refractivity contribution in [2.75, 3.05) is 20.3 Å². The van der Waals surface area contributed by atoms with Crippen molar-refractivity contribution in [1.82, 2.24) is 0 Å². The Hall–Kier alpha value is -0.910. The number of esters is 1. The molecule has 0 unspecified atom stereocenters. The molecule has 0 saturated heterocycles. The molecular weight excluding hydrogens is 416 g/mol. The SMILES string of the molecule is COC(=O)CCC[C@@H](C)[C@H]1CC[C@H]2[C@@H]3CC=C4[C@@H](O)[C@@H](OCCO)CC[C@]4(C)[C@H]3CC[C@]12C. The Labute approximate surface area is 200 Å². The van der Waals surface area contributed by atoms with Gasteiger partial charge in [-0.1, -0.05) is 26.8 Å². The standard InChI is InChI=1S/C28H46O5/c1-18(6-5-7-25(30)32-4)20-10-11-21-19-8-9-23-26(31)24(33-17-16-29)13-15-28(23,3)22(19)12-14-27(20,21)2/h9,18-22,24,26,29,31H,5-8,10-17H2,1-4H3/t18-,19+,20-,21+,22+,24+,26-,27-,28-/m1/s1. The summed E-state index contributed by atoms with van der Waals surface area (Å²) in [6, 6.07) is 0. The van der Waals surface area contributed by atoms with Crippen molar-refractivity contribution in [1.29, 1.82) is 0 Å². The van der Waals surface area contributed by atoms with Crippen LogP contribution in [0.3, 0.4) is 0 Å². The second kappa shape index (κ2) is 9.99. The Kier molecular flexibility index (Phi) is 7.62. The first-order chi connectivity index (χ1) is 15.8. The van der Waals surface area contributed by atoms with Crippen LogP contribution in [0.25, 0.3) is 0 Å². The minimum Gasteiger partial charge on any atom is -0.469 e. The maximum Gasteiger partial charge on any atom is 0.305 e. The van der Waals surface area contributed by atoms with Crippen LogP contribution in [-0.2, 0) is 14.3 Å². The molecule has 0 spiro atoms. The number of hydrogen-bond acceptors (Lipinski definition) is 5. The van der Waals surface area contributed by atoms with Crippen molar-refractivity contribution in [3.8, 4) is 0 Å². The van der Waals surface area contributed by atoms with E-state index in [1.807, 2.05) is 0 Å². The lowest BCUT2D eigenvalue weighted by atomic mass is 9.46. The number of carbonyl (C=O) groups excluding carboxylic acids is 1. The van der Waals surface area contributed by atoms with Crippen LogP contribution in [0.2, 0.25) is 0 Å². The molecule has 0 aromatic carbocycles. The van der Waals surface area contributed by atoms with Crippen molar-refractivity contribution in [3.05, 3.63) is 11.6 Å². The van der Waals surface area contributed by atoms with Gasteiger partial charge in [-0.3, -0.25) is 4.79 Å². The molecule has 0 bridgehead atoms. The highest BCUT2D eigenvalue weighted by Crippen LogP contribution is 2.67. The summed E-state index contributed by atoms with van der Waals surface area (Å²) < 4.78 is 10.6. The first-order valence-corrected chi connectivity index (χ1v) is 13.4. The van der Waals surface area contributed by atoms with E-state index in [2.05, 4.69) is 26.8 Å². The lowest BCUT2D eigenvalue weighted by Crippen LogP contribution is -2.54. The monoisotopic (exact) mass is 462 g/mol. The molecule has 0 aliphatic heterocycles. The van der Waals surface area contributed by atoms with E-state index in [9.17, 15) is 9.90 Å². The van der Waals surface area contributed by atoms with E-state index in [1.54, 1.807) is 0 Å². The molecule has 3 saturated carbocycles. The molecule has 0 radical (unpaired) electrons. The minimum absolute atomic E-state index is 0.00672. The fraction of sp³-hybridized carbons (Fsp3) is 0.893. The molecule has 3 fully saturated rings. The van der Waals surface area contributed by atoms with Crippen molar-refractivity contribution >= 4 is 5.97 Å². The van der Waals surface area contributed by atoms with Gasteiger partial charge in [0.05, 0.1) is 26.4 Å². The Balaban J connectivity index is 1.46. The number of carbonyl (C=O) groups is 1. The highest BCUT2D eigenvalue weighted by atomic mass is 16.5. The number of allylic oxidation sites excluding steroid dienone is 1. The fourth-order valence-corrected chi connectivity index (χ4v) is 8.93. The van der Waals surface area contributed by atoms with E-state index in [1.165, 1.54) is 38.4 Å². The molecule has 4 aliphatic rings. The van der Waals surface area contributed by atoms with Gasteiger partial charge in [0.1, 0.15) is 6.10 Å². The molecular formula is C28H46O5. The minimum atomic E-state index is -0.532. The van der Waals surface area contributed by atoms with Gasteiger partial charge in [-0.05, 0) is 104 Å². The summed E-state index contributed by atoms with van der Waals surface area (Å²) in [6.45, 7) is 7.69. The first kappa shape index (κ1) is 25.2. The van der Waals surface area contributed by atoms with Crippen LogP contribution < -0.4 is 0 Å². The normalized spacial score (nSPS) is 43.2. The smallest absolute Gasteiger partial charge is 0.305 e. The van der Waals surface area contributed by atoms with Gasteiger partial charge in [-0.25, -0.2) is 0 Å². The molecule has 5 heteroatoms. The lowest BCUT2D eigenvalue weighted by Gasteiger charge is -2.59. The van der Waals surface area contributed by atoms with Crippen LogP contribution in [0.5, 0.6) is 0 Å². The third kappa shape index (κ3) is 4.43. The van der Waals surface area contributed by atoms with E-state index in [4.69, 9.17) is 14.6 Å². The highest BCUT2D eigenvalue weighted by molar-refractivity contribution is 5.68. The molecule has 0 heterocycles. The zero-order valence-electron chi connectivity index (χ0n) is 21.2. The second-order valence-corrected chi connectivity index (χ2v) is 12.0. The van der Waals surface area contributed by atoms with Crippen LogP contribution >= 0.6 is 0 Å². The van der Waals surface area contributed by atoms with Gasteiger partial charge >= 0.3 is 5.97 Å². The fourth-order valence-electron chi connectivity index (χ4n) is 8.93. The Bertz CT molecular complexity index is 734. The number of aliphatic hydroxyl groups is 2. The van der Waals surface area contributed by atoms with Gasteiger partial charge < -0.3 is 19.7 Å². The Morgan fingerprint density at radius 2 is 1.97 bits per heavy atom. The Morgan fingerprint density at radius 3 is 2.70 bits per heavy atom. The second-order valence-electron chi connectivity index (χ2n) is 12.0. The lowest BCUT2D eigenvalue weighted by molar-refractivity contribution is -0.140. The van der Waals surface area contributed by atoms with Crippen molar-refractivity contribution in [2.45, 2.75) is 97.2 Å². The third-order valence-electron chi connectivity index (χ3n) is 10.6. The number of hydrogen-bond donors (Lipinski definition) is 2. The summed E-state index contributed by atoms with van der Waals surface area (Å²) in [6.07, 6.45) is 12.5. The predicted molar refractivity (Wildman–Crippen MR) is 128 cm³/mol. The van der Waals surface area contributed by atoms with Gasteiger partial charge in [0.2, 0.25) is 0 Å². The third-order valence-corrected chi connectivity index (χ3v) is 10.6. The van der Waals surface area contributed by atoms with E-state index >= 15 is 0 Å². The summed E-state index contributed by atoms with van der Waals surface area (Å²) in [5, 5.41) is 20.3. The number of fused-ring (bicyclic) bond motifs is 5. The molecule has 0 aromatic rings. The largest absolute Gasteiger partial charge is 0.469 e. The quantitative estimate of drug-likeness (QED) is 0.397. The highest BCUT2D eigenvalue weighted by Gasteiger charge is 2.60. The maximum absolute atomic E-state index is 11.5. The average Bonchev–Trinajstić information content (AvgIpc) is 3.15. The maximum atomic E-state index is 11.5. The van der Waals surface area contributed by atoms with Crippen molar-refractivity contribution in [3.63, 3.8) is 0 Å². The van der Waals surface area contributed by atoms with E-state index in [-0.39, 0.29) is 24.1 Å². The molecule has 4 aliphatic carbocycles. The number of rotatable bonds is 8. The molecule has 0 aromatic heterocycles. The van der Waals surface area contributed by atoms with Gasteiger partial charge in [0.15, 0.2) is 0 Å². The van der Waals surface area contributed by atoms with Crippen LogP contribution in [0.15, 0.2) is 11.6 Å². The first-order valence-electron chi connectivity index (χ1n) is 13.4. The summed E-state index contributed by atoms with van der Waals surface area (Å²) in [5.41, 5.74) is 1.69. The molecule has 4 rings (SSSR count).